The maximum Gasteiger partial charge on any atom is 0.338 e. The van der Waals surface area contributed by atoms with Gasteiger partial charge < -0.3 is 14.5 Å². The lowest BCUT2D eigenvalue weighted by molar-refractivity contribution is 0.0526. The Morgan fingerprint density at radius 1 is 1.12 bits per heavy atom. The van der Waals surface area contributed by atoms with E-state index in [1.54, 1.807) is 13.0 Å². The van der Waals surface area contributed by atoms with Crippen molar-refractivity contribution in [3.8, 4) is 5.75 Å². The van der Waals surface area contributed by atoms with Crippen molar-refractivity contribution >= 4 is 16.9 Å². The summed E-state index contributed by atoms with van der Waals surface area (Å²) in [5.41, 5.74) is 3.66. The van der Waals surface area contributed by atoms with Gasteiger partial charge in [0.1, 0.15) is 12.4 Å². The van der Waals surface area contributed by atoms with Gasteiger partial charge in [-0.1, -0.05) is 37.3 Å². The van der Waals surface area contributed by atoms with Gasteiger partial charge in [-0.05, 0) is 36.6 Å². The van der Waals surface area contributed by atoms with E-state index in [9.17, 15) is 4.79 Å². The summed E-state index contributed by atoms with van der Waals surface area (Å²) < 4.78 is 11.1. The molecule has 2 aromatic carbocycles. The number of carbonyl (C=O) groups is 1. The fraction of sp³-hybridized carbons (Fsp3) is 0.250. The van der Waals surface area contributed by atoms with Gasteiger partial charge >= 0.3 is 5.97 Å². The van der Waals surface area contributed by atoms with Crippen LogP contribution in [0.4, 0.5) is 0 Å². The molecule has 4 nitrogen and oxygen atoms in total. The number of esters is 1. The number of carbonyl (C=O) groups excluding carboxylic acids is 1. The van der Waals surface area contributed by atoms with Crippen LogP contribution in [0.3, 0.4) is 0 Å². The lowest BCUT2D eigenvalue weighted by Crippen LogP contribution is -2.05. The second-order valence-corrected chi connectivity index (χ2v) is 5.56. The van der Waals surface area contributed by atoms with Crippen molar-refractivity contribution in [3.05, 3.63) is 65.4 Å². The van der Waals surface area contributed by atoms with Gasteiger partial charge in [0.2, 0.25) is 0 Å². The molecule has 0 amide bonds. The van der Waals surface area contributed by atoms with Crippen molar-refractivity contribution in [2.45, 2.75) is 26.9 Å². The average molecular weight is 323 g/mol. The Hall–Kier alpha value is -2.75. The summed E-state index contributed by atoms with van der Waals surface area (Å²) in [5, 5.41) is 1.01. The Morgan fingerprint density at radius 3 is 2.62 bits per heavy atom. The van der Waals surface area contributed by atoms with Gasteiger partial charge in [0.25, 0.3) is 0 Å². The molecule has 0 saturated heterocycles. The molecule has 1 aromatic heterocycles. The number of aromatic amines is 1. The number of ether oxygens (including phenoxy) is 2. The van der Waals surface area contributed by atoms with E-state index < -0.39 is 0 Å². The zero-order chi connectivity index (χ0) is 16.9. The molecule has 0 fully saturated rings. The Morgan fingerprint density at radius 2 is 1.92 bits per heavy atom. The van der Waals surface area contributed by atoms with Crippen LogP contribution in [0.1, 0.15) is 35.3 Å². The van der Waals surface area contributed by atoms with Crippen LogP contribution in [0.25, 0.3) is 10.9 Å². The smallest absolute Gasteiger partial charge is 0.338 e. The average Bonchev–Trinajstić information content (AvgIpc) is 3.04. The molecule has 0 atom stereocenters. The van der Waals surface area contributed by atoms with Crippen LogP contribution in [0, 0.1) is 0 Å². The van der Waals surface area contributed by atoms with Gasteiger partial charge in [-0.2, -0.15) is 0 Å². The molecule has 3 aromatic rings. The second kappa shape index (κ2) is 7.21. The summed E-state index contributed by atoms with van der Waals surface area (Å²) in [6.45, 7) is 4.69. The van der Waals surface area contributed by atoms with E-state index in [0.29, 0.717) is 24.5 Å². The molecule has 24 heavy (non-hydrogen) atoms. The SMILES string of the molecule is CCOC(=O)c1cc(OCc2ccccc2)c2[nH]cc(CC)c2c1. The summed E-state index contributed by atoms with van der Waals surface area (Å²) in [6.07, 6.45) is 2.85. The predicted molar refractivity (Wildman–Crippen MR) is 94.4 cm³/mol. The first-order valence-electron chi connectivity index (χ1n) is 8.20. The summed E-state index contributed by atoms with van der Waals surface area (Å²) in [7, 11) is 0. The van der Waals surface area contributed by atoms with E-state index in [0.717, 1.165) is 28.5 Å². The summed E-state index contributed by atoms with van der Waals surface area (Å²) in [6, 6.07) is 13.6. The van der Waals surface area contributed by atoms with Crippen molar-refractivity contribution in [2.24, 2.45) is 0 Å². The zero-order valence-corrected chi connectivity index (χ0v) is 14.0. The van der Waals surface area contributed by atoms with Gasteiger partial charge in [-0.25, -0.2) is 4.79 Å². The van der Waals surface area contributed by atoms with Crippen LogP contribution in [0.15, 0.2) is 48.7 Å². The molecular formula is C20H21NO3. The first-order valence-corrected chi connectivity index (χ1v) is 8.20. The highest BCUT2D eigenvalue weighted by molar-refractivity contribution is 5.98. The summed E-state index contributed by atoms with van der Waals surface area (Å²) >= 11 is 0. The Bertz CT molecular complexity index is 837. The molecule has 0 aliphatic carbocycles. The Kier molecular flexibility index (Phi) is 4.85. The van der Waals surface area contributed by atoms with Gasteiger partial charge in [0.15, 0.2) is 0 Å². The monoisotopic (exact) mass is 323 g/mol. The molecule has 0 unspecified atom stereocenters. The number of benzene rings is 2. The molecular weight excluding hydrogens is 302 g/mol. The van der Waals surface area contributed by atoms with Gasteiger partial charge in [-0.15, -0.1) is 0 Å². The molecule has 4 heteroatoms. The van der Waals surface area contributed by atoms with E-state index in [2.05, 4.69) is 11.9 Å². The number of hydrogen-bond acceptors (Lipinski definition) is 3. The molecule has 1 heterocycles. The second-order valence-electron chi connectivity index (χ2n) is 5.56. The summed E-state index contributed by atoms with van der Waals surface area (Å²) in [5.74, 6) is 0.339. The molecule has 1 N–H and O–H groups in total. The quantitative estimate of drug-likeness (QED) is 0.680. The molecule has 0 bridgehead atoms. The highest BCUT2D eigenvalue weighted by Crippen LogP contribution is 2.30. The van der Waals surface area contributed by atoms with E-state index in [4.69, 9.17) is 9.47 Å². The first-order chi connectivity index (χ1) is 11.7. The van der Waals surface area contributed by atoms with Gasteiger partial charge in [0.05, 0.1) is 17.7 Å². The van der Waals surface area contributed by atoms with E-state index in [1.807, 2.05) is 42.6 Å². The molecule has 0 aliphatic rings. The number of fused-ring (bicyclic) bond motifs is 1. The standard InChI is InChI=1S/C20H21NO3/c1-3-15-12-21-19-17(15)10-16(20(22)23-4-2)11-18(19)24-13-14-8-6-5-7-9-14/h5-12,21H,3-4,13H2,1-2H3. The normalized spacial score (nSPS) is 10.8. The number of aryl methyl sites for hydroxylation is 1. The van der Waals surface area contributed by atoms with E-state index in [-0.39, 0.29) is 5.97 Å². The third-order valence-corrected chi connectivity index (χ3v) is 3.97. The molecule has 0 radical (unpaired) electrons. The number of rotatable bonds is 6. The van der Waals surface area contributed by atoms with E-state index >= 15 is 0 Å². The minimum absolute atomic E-state index is 0.327. The predicted octanol–water partition coefficient (Wildman–Crippen LogP) is 4.49. The van der Waals surface area contributed by atoms with Crippen molar-refractivity contribution in [2.75, 3.05) is 6.61 Å². The minimum Gasteiger partial charge on any atom is -0.487 e. The third kappa shape index (κ3) is 3.27. The summed E-state index contributed by atoms with van der Waals surface area (Å²) in [4.78, 5) is 15.4. The highest BCUT2D eigenvalue weighted by atomic mass is 16.5. The van der Waals surface area contributed by atoms with Gasteiger partial charge in [-0.3, -0.25) is 0 Å². The van der Waals surface area contributed by atoms with Crippen LogP contribution in [-0.2, 0) is 17.8 Å². The number of nitrogens with one attached hydrogen (secondary N) is 1. The maximum absolute atomic E-state index is 12.1. The Labute approximate surface area is 141 Å². The molecule has 124 valence electrons. The Balaban J connectivity index is 1.98. The van der Waals surface area contributed by atoms with Crippen molar-refractivity contribution in [1.29, 1.82) is 0 Å². The number of H-pyrrole nitrogens is 1. The topological polar surface area (TPSA) is 51.3 Å². The largest absolute Gasteiger partial charge is 0.487 e. The van der Waals surface area contributed by atoms with E-state index in [1.165, 1.54) is 0 Å². The van der Waals surface area contributed by atoms with Crippen LogP contribution in [-0.4, -0.2) is 17.6 Å². The molecule has 0 spiro atoms. The highest BCUT2D eigenvalue weighted by Gasteiger charge is 2.15. The van der Waals surface area contributed by atoms with Crippen LogP contribution >= 0.6 is 0 Å². The lowest BCUT2D eigenvalue weighted by atomic mass is 10.1. The molecule has 3 rings (SSSR count). The fourth-order valence-electron chi connectivity index (χ4n) is 2.73. The van der Waals surface area contributed by atoms with Crippen molar-refractivity contribution < 1.29 is 14.3 Å². The van der Waals surface area contributed by atoms with Crippen molar-refractivity contribution in [1.82, 2.24) is 4.98 Å². The fourth-order valence-corrected chi connectivity index (χ4v) is 2.73. The van der Waals surface area contributed by atoms with Crippen LogP contribution in [0.5, 0.6) is 5.75 Å². The number of hydrogen-bond donors (Lipinski definition) is 1. The minimum atomic E-state index is -0.327. The van der Waals surface area contributed by atoms with Crippen LogP contribution < -0.4 is 4.74 Å². The number of aromatic nitrogens is 1. The van der Waals surface area contributed by atoms with Gasteiger partial charge in [0, 0.05) is 11.6 Å². The first kappa shape index (κ1) is 16.1. The van der Waals surface area contributed by atoms with Crippen LogP contribution in [0.2, 0.25) is 0 Å². The lowest BCUT2D eigenvalue weighted by Gasteiger charge is -2.10. The maximum atomic E-state index is 12.1. The molecule has 0 saturated carbocycles. The third-order valence-electron chi connectivity index (χ3n) is 3.97. The zero-order valence-electron chi connectivity index (χ0n) is 14.0. The molecule has 0 aliphatic heterocycles. The van der Waals surface area contributed by atoms with Crippen molar-refractivity contribution in [3.63, 3.8) is 0 Å².